The maximum Gasteiger partial charge on any atom is 0.294 e. The van der Waals surface area contributed by atoms with Crippen LogP contribution in [-0.4, -0.2) is 73.8 Å². The van der Waals surface area contributed by atoms with Crippen molar-refractivity contribution < 1.29 is 43.5 Å². The Balaban J connectivity index is 1.28. The fraction of sp³-hybridized carbons (Fsp3) is 0.432. The van der Waals surface area contributed by atoms with Crippen LogP contribution in [0.1, 0.15) is 76.0 Å². The molecule has 272 valence electrons. The van der Waals surface area contributed by atoms with Gasteiger partial charge in [0.25, 0.3) is 30.4 Å². The fourth-order valence-electron chi connectivity index (χ4n) is 9.13. The number of nitrogens with zero attached hydrogens (tertiary/aromatic N) is 2. The number of rotatable bonds is 9. The molecule has 7 rings (SSSR count). The lowest BCUT2D eigenvalue weighted by molar-refractivity contribution is -0.432. The molecule has 2 aromatic carbocycles. The summed E-state index contributed by atoms with van der Waals surface area (Å²) in [5.41, 5.74) is 11.3. The first kappa shape index (κ1) is 36.0. The van der Waals surface area contributed by atoms with E-state index in [-0.39, 0.29) is 29.2 Å². The maximum absolute atomic E-state index is 12.1. The van der Waals surface area contributed by atoms with Crippen molar-refractivity contribution in [2.24, 2.45) is 0 Å². The average Bonchev–Trinajstić information content (AvgIpc) is 3.77. The molecule has 3 aliphatic carbocycles. The lowest BCUT2D eigenvalue weighted by Gasteiger charge is -2.26. The van der Waals surface area contributed by atoms with Crippen LogP contribution in [0.15, 0.2) is 87.0 Å². The molecule has 11 nitrogen and oxygen atoms in total. The van der Waals surface area contributed by atoms with Crippen LogP contribution in [0.4, 0.5) is 11.4 Å². The predicted octanol–water partition coefficient (Wildman–Crippen LogP) is 5.96. The summed E-state index contributed by atoms with van der Waals surface area (Å²) in [6.45, 7) is 8.50. The Hall–Kier alpha value is -3.40. The Labute approximate surface area is 300 Å². The van der Waals surface area contributed by atoms with Crippen LogP contribution in [-0.2, 0) is 41.2 Å². The highest BCUT2D eigenvalue weighted by Crippen LogP contribution is 2.57. The minimum atomic E-state index is -4.47. The van der Waals surface area contributed by atoms with Gasteiger partial charge in [0.1, 0.15) is 5.75 Å². The minimum Gasteiger partial charge on any atom is -0.343 e. The van der Waals surface area contributed by atoms with Gasteiger partial charge in [-0.05, 0) is 118 Å². The predicted molar refractivity (Wildman–Crippen MR) is 196 cm³/mol. The van der Waals surface area contributed by atoms with Gasteiger partial charge in [-0.15, -0.1) is 0 Å². The number of fused-ring (bicyclic) bond motifs is 6. The SMILES string of the molecule is CC1=C(C=C2CCC3(C)C2=[N+](CCS(=O)(=O)O)c2ccc(S(=O)(=O)O)cc23)CCC1=CC1=C2N(CCS(=O)(=O)O)c3ccc(C)cc3C2(C)CC1. The van der Waals surface area contributed by atoms with Gasteiger partial charge in [-0.1, -0.05) is 23.8 Å². The lowest BCUT2D eigenvalue weighted by atomic mass is 9.80. The molecule has 2 unspecified atom stereocenters. The van der Waals surface area contributed by atoms with E-state index >= 15 is 0 Å². The molecule has 2 aliphatic heterocycles. The summed E-state index contributed by atoms with van der Waals surface area (Å²) in [7, 11) is -12.9. The molecule has 3 N–H and O–H groups in total. The summed E-state index contributed by atoms with van der Waals surface area (Å²) in [4.78, 5) is 1.84. The summed E-state index contributed by atoms with van der Waals surface area (Å²) in [6.07, 6.45) is 9.08. The zero-order valence-corrected chi connectivity index (χ0v) is 31.5. The topological polar surface area (TPSA) is 169 Å². The zero-order chi connectivity index (χ0) is 36.9. The molecule has 0 saturated heterocycles. The van der Waals surface area contributed by atoms with Crippen molar-refractivity contribution in [2.75, 3.05) is 29.5 Å². The normalized spacial score (nSPS) is 26.2. The molecule has 2 atom stereocenters. The van der Waals surface area contributed by atoms with Crippen LogP contribution < -0.4 is 4.90 Å². The van der Waals surface area contributed by atoms with E-state index in [0.717, 1.165) is 70.6 Å². The Kier molecular flexibility index (Phi) is 8.51. The van der Waals surface area contributed by atoms with Gasteiger partial charge in [0.2, 0.25) is 5.69 Å². The number of hydrogen-bond donors (Lipinski definition) is 3. The first-order valence-corrected chi connectivity index (χ1v) is 21.8. The van der Waals surface area contributed by atoms with Crippen molar-refractivity contribution in [3.05, 3.63) is 98.8 Å². The standard InChI is InChI=1S/C37H42N2O9S3/c1-23-5-9-32-30(19-23)36(3)13-11-27(34(36)38(32)15-17-49(40,41)42)20-25-6-7-26(24(25)2)21-28-12-14-37(4)31-22-29(51(46,47)48)8-10-33(31)39(35(28)37)16-18-50(43,44)45/h5,8-10,19-22H,6-7,11-18H2,1-4H3,(H2-,40,41,42,43,44,45,46,47,48)/p+1. The van der Waals surface area contributed by atoms with Gasteiger partial charge in [-0.25, -0.2) is 0 Å². The minimum absolute atomic E-state index is 0.0196. The summed E-state index contributed by atoms with van der Waals surface area (Å²) in [5.74, 6) is -0.880. The molecule has 0 bridgehead atoms. The molecule has 2 aromatic rings. The second-order valence-corrected chi connectivity index (χ2v) is 19.5. The smallest absolute Gasteiger partial charge is 0.294 e. The van der Waals surface area contributed by atoms with E-state index in [2.05, 4.69) is 43.9 Å². The Morgan fingerprint density at radius 1 is 0.765 bits per heavy atom. The lowest BCUT2D eigenvalue weighted by Crippen LogP contribution is -2.30. The molecule has 51 heavy (non-hydrogen) atoms. The monoisotopic (exact) mass is 755 g/mol. The second-order valence-electron chi connectivity index (χ2n) is 14.9. The quantitative estimate of drug-likeness (QED) is 0.205. The molecular formula is C37H43N2O9S3+. The highest BCUT2D eigenvalue weighted by atomic mass is 32.2. The van der Waals surface area contributed by atoms with Crippen molar-refractivity contribution in [1.82, 2.24) is 0 Å². The number of benzene rings is 2. The molecule has 1 fully saturated rings. The molecule has 2 heterocycles. The van der Waals surface area contributed by atoms with E-state index in [1.54, 1.807) is 6.07 Å². The Morgan fingerprint density at radius 3 is 2.14 bits per heavy atom. The van der Waals surface area contributed by atoms with Crippen molar-refractivity contribution >= 4 is 47.4 Å². The number of hydrogen-bond acceptors (Lipinski definition) is 7. The molecule has 0 radical (unpaired) electrons. The summed E-state index contributed by atoms with van der Waals surface area (Å²) < 4.78 is 102. The fourth-order valence-corrected chi connectivity index (χ4v) is 10.5. The van der Waals surface area contributed by atoms with E-state index < -0.39 is 41.5 Å². The Bertz CT molecular complexity index is 2400. The van der Waals surface area contributed by atoms with Gasteiger partial charge in [0.15, 0.2) is 12.3 Å². The van der Waals surface area contributed by atoms with E-state index in [4.69, 9.17) is 0 Å². The van der Waals surface area contributed by atoms with Crippen LogP contribution >= 0.6 is 0 Å². The van der Waals surface area contributed by atoms with Gasteiger partial charge in [0, 0.05) is 40.5 Å². The Morgan fingerprint density at radius 2 is 1.45 bits per heavy atom. The van der Waals surface area contributed by atoms with Crippen LogP contribution in [0.5, 0.6) is 0 Å². The number of allylic oxidation sites excluding steroid dienone is 8. The summed E-state index contributed by atoms with van der Waals surface area (Å²) >= 11 is 0. The van der Waals surface area contributed by atoms with Gasteiger partial charge in [-0.2, -0.15) is 29.8 Å². The third-order valence-corrected chi connectivity index (χ3v) is 13.9. The van der Waals surface area contributed by atoms with Crippen molar-refractivity contribution in [3.8, 4) is 0 Å². The summed E-state index contributed by atoms with van der Waals surface area (Å²) in [5, 5.41) is 0. The van der Waals surface area contributed by atoms with Crippen LogP contribution in [0.25, 0.3) is 0 Å². The summed E-state index contributed by atoms with van der Waals surface area (Å²) in [6, 6.07) is 10.6. The van der Waals surface area contributed by atoms with Crippen molar-refractivity contribution in [1.29, 1.82) is 0 Å². The van der Waals surface area contributed by atoms with E-state index in [9.17, 15) is 38.9 Å². The first-order chi connectivity index (χ1) is 23.7. The molecule has 5 aliphatic rings. The third-order valence-electron chi connectivity index (χ3n) is 11.6. The second kappa shape index (κ2) is 12.1. The van der Waals surface area contributed by atoms with Crippen molar-refractivity contribution in [3.63, 3.8) is 0 Å². The molecule has 0 amide bonds. The average molecular weight is 756 g/mol. The largest absolute Gasteiger partial charge is 0.343 e. The van der Waals surface area contributed by atoms with Gasteiger partial charge in [-0.3, -0.25) is 13.7 Å². The highest BCUT2D eigenvalue weighted by molar-refractivity contribution is 7.86. The molecule has 14 heteroatoms. The first-order valence-electron chi connectivity index (χ1n) is 17.1. The zero-order valence-electron chi connectivity index (χ0n) is 29.1. The van der Waals surface area contributed by atoms with Gasteiger partial charge >= 0.3 is 0 Å². The van der Waals surface area contributed by atoms with E-state index in [0.29, 0.717) is 24.1 Å². The maximum atomic E-state index is 12.1. The molecular weight excluding hydrogens is 713 g/mol. The van der Waals surface area contributed by atoms with Crippen LogP contribution in [0.2, 0.25) is 0 Å². The van der Waals surface area contributed by atoms with E-state index in [1.165, 1.54) is 23.3 Å². The van der Waals surface area contributed by atoms with E-state index in [1.807, 2.05) is 23.6 Å². The highest BCUT2D eigenvalue weighted by Gasteiger charge is 2.54. The third kappa shape index (κ3) is 6.27. The number of aryl methyl sites for hydroxylation is 1. The molecule has 0 aromatic heterocycles. The molecule has 1 saturated carbocycles. The number of anilines is 1. The van der Waals surface area contributed by atoms with Gasteiger partial charge in [0.05, 0.1) is 16.1 Å². The molecule has 0 spiro atoms. The van der Waals surface area contributed by atoms with Crippen molar-refractivity contribution in [2.45, 2.75) is 81.9 Å². The van der Waals surface area contributed by atoms with Crippen LogP contribution in [0.3, 0.4) is 0 Å². The van der Waals surface area contributed by atoms with Crippen LogP contribution in [0, 0.1) is 6.92 Å². The van der Waals surface area contributed by atoms with Gasteiger partial charge < -0.3 is 4.90 Å².